The zero-order valence-corrected chi connectivity index (χ0v) is 11.2. The van der Waals surface area contributed by atoms with Gasteiger partial charge in [0.25, 0.3) is 0 Å². The fourth-order valence-corrected chi connectivity index (χ4v) is 1.80. The molecule has 2 heterocycles. The molecule has 0 atom stereocenters. The van der Waals surface area contributed by atoms with Crippen molar-refractivity contribution in [1.29, 1.82) is 0 Å². The molecule has 4 heteroatoms. The van der Waals surface area contributed by atoms with Gasteiger partial charge < -0.3 is 4.42 Å². The average Bonchev–Trinajstić information content (AvgIpc) is 2.77. The van der Waals surface area contributed by atoms with Gasteiger partial charge in [-0.1, -0.05) is 6.92 Å². The van der Waals surface area contributed by atoms with Crippen LogP contribution in [0.15, 0.2) is 28.9 Å². The van der Waals surface area contributed by atoms with Crippen molar-refractivity contribution >= 4 is 0 Å². The molecular formula is C14H19N3O. The second-order valence-corrected chi connectivity index (χ2v) is 4.46. The van der Waals surface area contributed by atoms with Gasteiger partial charge >= 0.3 is 0 Å². The fourth-order valence-electron chi connectivity index (χ4n) is 1.80. The molecule has 96 valence electrons. The highest BCUT2D eigenvalue weighted by Crippen LogP contribution is 2.11. The summed E-state index contributed by atoms with van der Waals surface area (Å²) in [5, 5.41) is 0. The highest BCUT2D eigenvalue weighted by molar-refractivity contribution is 5.06. The topological polar surface area (TPSA) is 42.2 Å². The van der Waals surface area contributed by atoms with E-state index in [1.165, 1.54) is 0 Å². The van der Waals surface area contributed by atoms with E-state index < -0.39 is 0 Å². The summed E-state index contributed by atoms with van der Waals surface area (Å²) >= 11 is 0. The molecule has 0 N–H and O–H groups in total. The smallest absolute Gasteiger partial charge is 0.118 e. The first-order chi connectivity index (χ1) is 8.67. The molecule has 2 rings (SSSR count). The molecule has 0 saturated heterocycles. The number of hydrogen-bond acceptors (Lipinski definition) is 4. The lowest BCUT2D eigenvalue weighted by molar-refractivity contribution is 0.243. The van der Waals surface area contributed by atoms with Crippen LogP contribution < -0.4 is 0 Å². The molecule has 4 nitrogen and oxygen atoms in total. The van der Waals surface area contributed by atoms with Crippen molar-refractivity contribution in [2.75, 3.05) is 6.54 Å². The second kappa shape index (κ2) is 5.78. The summed E-state index contributed by atoms with van der Waals surface area (Å²) in [7, 11) is 0. The van der Waals surface area contributed by atoms with Crippen molar-refractivity contribution in [3.8, 4) is 0 Å². The summed E-state index contributed by atoms with van der Waals surface area (Å²) < 4.78 is 5.59. The van der Waals surface area contributed by atoms with Gasteiger partial charge in [-0.3, -0.25) is 14.9 Å². The second-order valence-electron chi connectivity index (χ2n) is 4.46. The number of hydrogen-bond donors (Lipinski definition) is 0. The highest BCUT2D eigenvalue weighted by Gasteiger charge is 2.08. The molecule has 0 bridgehead atoms. The molecule has 0 unspecified atom stereocenters. The molecule has 2 aromatic heterocycles. The lowest BCUT2D eigenvalue weighted by Gasteiger charge is -2.18. The minimum Gasteiger partial charge on any atom is -0.465 e. The fraction of sp³-hybridized carbons (Fsp3) is 0.429. The Bertz CT molecular complexity index is 490. The monoisotopic (exact) mass is 245 g/mol. The molecule has 0 aliphatic carbocycles. The Labute approximate surface area is 108 Å². The first-order valence-corrected chi connectivity index (χ1v) is 6.22. The lowest BCUT2D eigenvalue weighted by atomic mass is 10.3. The maximum Gasteiger partial charge on any atom is 0.118 e. The van der Waals surface area contributed by atoms with Crippen molar-refractivity contribution < 1.29 is 4.42 Å². The van der Waals surface area contributed by atoms with Crippen LogP contribution in [0.25, 0.3) is 0 Å². The Morgan fingerprint density at radius 2 is 1.94 bits per heavy atom. The number of furan rings is 1. The molecular weight excluding hydrogens is 226 g/mol. The van der Waals surface area contributed by atoms with E-state index in [4.69, 9.17) is 4.42 Å². The van der Waals surface area contributed by atoms with Crippen LogP contribution in [-0.4, -0.2) is 21.4 Å². The molecule has 0 fully saturated rings. The van der Waals surface area contributed by atoms with E-state index in [1.807, 2.05) is 32.2 Å². The highest BCUT2D eigenvalue weighted by atomic mass is 16.3. The predicted octanol–water partition coefficient (Wildman–Crippen LogP) is 2.71. The molecule has 0 aromatic carbocycles. The number of nitrogens with zero attached hydrogens (tertiary/aromatic N) is 3. The maximum atomic E-state index is 5.59. The summed E-state index contributed by atoms with van der Waals surface area (Å²) in [5.74, 6) is 1.95. The molecule has 0 saturated carbocycles. The molecule has 0 aliphatic rings. The Morgan fingerprint density at radius 1 is 1.11 bits per heavy atom. The summed E-state index contributed by atoms with van der Waals surface area (Å²) in [6.07, 6.45) is 3.64. The minimum atomic E-state index is 0.795. The Kier molecular flexibility index (Phi) is 4.10. The molecule has 0 amide bonds. The SMILES string of the molecule is CCN(Cc1cnc(C)cn1)Cc1ccc(C)o1. The van der Waals surface area contributed by atoms with Gasteiger partial charge in [0.2, 0.25) is 0 Å². The third kappa shape index (κ3) is 3.40. The standard InChI is InChI=1S/C14H19N3O/c1-4-17(10-14-6-5-12(3)18-14)9-13-8-15-11(2)7-16-13/h5-8H,4,9-10H2,1-3H3. The quantitative estimate of drug-likeness (QED) is 0.812. The van der Waals surface area contributed by atoms with Crippen LogP contribution in [0.4, 0.5) is 0 Å². The first-order valence-electron chi connectivity index (χ1n) is 6.22. The normalized spacial score (nSPS) is 11.1. The summed E-state index contributed by atoms with van der Waals surface area (Å²) in [6.45, 7) is 8.60. The Balaban J connectivity index is 1.99. The maximum absolute atomic E-state index is 5.59. The molecule has 0 radical (unpaired) electrons. The summed E-state index contributed by atoms with van der Waals surface area (Å²) in [4.78, 5) is 10.9. The van der Waals surface area contributed by atoms with Crippen molar-refractivity contribution in [2.24, 2.45) is 0 Å². The van der Waals surface area contributed by atoms with E-state index in [0.29, 0.717) is 0 Å². The van der Waals surface area contributed by atoms with E-state index in [2.05, 4.69) is 21.8 Å². The van der Waals surface area contributed by atoms with Gasteiger partial charge in [-0.15, -0.1) is 0 Å². The van der Waals surface area contributed by atoms with Gasteiger partial charge in [0.1, 0.15) is 11.5 Å². The lowest BCUT2D eigenvalue weighted by Crippen LogP contribution is -2.22. The van der Waals surface area contributed by atoms with Crippen LogP contribution in [0.5, 0.6) is 0 Å². The van der Waals surface area contributed by atoms with Gasteiger partial charge in [-0.25, -0.2) is 0 Å². The van der Waals surface area contributed by atoms with Gasteiger partial charge in [0, 0.05) is 18.9 Å². The van der Waals surface area contributed by atoms with Gasteiger partial charge in [0.05, 0.1) is 17.9 Å². The molecule has 0 aliphatic heterocycles. The van der Waals surface area contributed by atoms with Crippen LogP contribution in [0.1, 0.15) is 29.8 Å². The Morgan fingerprint density at radius 3 is 2.50 bits per heavy atom. The summed E-state index contributed by atoms with van der Waals surface area (Å²) in [5.41, 5.74) is 1.94. The van der Waals surface area contributed by atoms with Gasteiger partial charge in [0.15, 0.2) is 0 Å². The van der Waals surface area contributed by atoms with Gasteiger partial charge in [-0.05, 0) is 32.5 Å². The van der Waals surface area contributed by atoms with Crippen LogP contribution in [-0.2, 0) is 13.1 Å². The zero-order chi connectivity index (χ0) is 13.0. The van der Waals surface area contributed by atoms with Crippen LogP contribution in [0.3, 0.4) is 0 Å². The first kappa shape index (κ1) is 12.8. The van der Waals surface area contributed by atoms with E-state index >= 15 is 0 Å². The van der Waals surface area contributed by atoms with Crippen molar-refractivity contribution in [2.45, 2.75) is 33.9 Å². The molecule has 0 spiro atoms. The number of aryl methyl sites for hydroxylation is 2. The molecule has 2 aromatic rings. The van der Waals surface area contributed by atoms with E-state index in [1.54, 1.807) is 6.20 Å². The average molecular weight is 245 g/mol. The van der Waals surface area contributed by atoms with Crippen LogP contribution >= 0.6 is 0 Å². The molecule has 18 heavy (non-hydrogen) atoms. The largest absolute Gasteiger partial charge is 0.465 e. The van der Waals surface area contributed by atoms with Crippen molar-refractivity contribution in [3.05, 3.63) is 47.4 Å². The van der Waals surface area contributed by atoms with Crippen LogP contribution in [0, 0.1) is 13.8 Å². The van der Waals surface area contributed by atoms with E-state index in [0.717, 1.165) is 42.5 Å². The minimum absolute atomic E-state index is 0.795. The number of rotatable bonds is 5. The third-order valence-electron chi connectivity index (χ3n) is 2.84. The van der Waals surface area contributed by atoms with E-state index in [-0.39, 0.29) is 0 Å². The number of aromatic nitrogens is 2. The predicted molar refractivity (Wildman–Crippen MR) is 70.0 cm³/mol. The zero-order valence-electron chi connectivity index (χ0n) is 11.2. The van der Waals surface area contributed by atoms with Crippen LogP contribution in [0.2, 0.25) is 0 Å². The van der Waals surface area contributed by atoms with Crippen molar-refractivity contribution in [1.82, 2.24) is 14.9 Å². The third-order valence-corrected chi connectivity index (χ3v) is 2.84. The van der Waals surface area contributed by atoms with Gasteiger partial charge in [-0.2, -0.15) is 0 Å². The Hall–Kier alpha value is -1.68. The van der Waals surface area contributed by atoms with E-state index in [9.17, 15) is 0 Å². The van der Waals surface area contributed by atoms with Crippen molar-refractivity contribution in [3.63, 3.8) is 0 Å². The summed E-state index contributed by atoms with van der Waals surface area (Å²) in [6, 6.07) is 4.02.